The van der Waals surface area contributed by atoms with Crippen LogP contribution in [0.3, 0.4) is 0 Å². The Hall–Kier alpha value is -2.49. The molecule has 1 heterocycles. The third kappa shape index (κ3) is 4.65. The van der Waals surface area contributed by atoms with Gasteiger partial charge in [0.2, 0.25) is 0 Å². The maximum atomic E-state index is 10.0. The fourth-order valence-electron chi connectivity index (χ4n) is 1.53. The summed E-state index contributed by atoms with van der Waals surface area (Å²) in [5.74, 6) is 1.74. The second kappa shape index (κ2) is 7.19. The Balaban J connectivity index is 0.000000178. The van der Waals surface area contributed by atoms with E-state index < -0.39 is 6.16 Å². The zero-order chi connectivity index (χ0) is 14.2. The topological polar surface area (TPSA) is 44.8 Å². The summed E-state index contributed by atoms with van der Waals surface area (Å²) < 4.78 is 14.5. The Labute approximate surface area is 117 Å². The van der Waals surface area contributed by atoms with Crippen molar-refractivity contribution in [3.05, 3.63) is 60.7 Å². The Bertz CT molecular complexity index is 487. The molecule has 1 aliphatic rings. The molecule has 2 aromatic rings. The van der Waals surface area contributed by atoms with Gasteiger partial charge in [0.15, 0.2) is 0 Å². The molecule has 104 valence electrons. The average molecular weight is 272 g/mol. The number of hydrogen-bond donors (Lipinski definition) is 0. The van der Waals surface area contributed by atoms with Gasteiger partial charge in [-0.3, -0.25) is 0 Å². The molecule has 4 heteroatoms. The highest BCUT2D eigenvalue weighted by molar-refractivity contribution is 5.61. The van der Waals surface area contributed by atoms with Crippen molar-refractivity contribution in [1.29, 1.82) is 0 Å². The number of carbonyl (C=O) groups is 1. The second-order valence-electron chi connectivity index (χ2n) is 4.22. The molecule has 1 unspecified atom stereocenters. The van der Waals surface area contributed by atoms with Crippen LogP contribution in [-0.2, 0) is 9.47 Å². The lowest BCUT2D eigenvalue weighted by Crippen LogP contribution is -2.01. The van der Waals surface area contributed by atoms with Crippen LogP contribution in [0, 0.1) is 0 Å². The second-order valence-corrected chi connectivity index (χ2v) is 4.22. The number of benzene rings is 2. The molecule has 1 aliphatic heterocycles. The van der Waals surface area contributed by atoms with E-state index in [1.165, 1.54) is 0 Å². The Morgan fingerprint density at radius 3 is 1.75 bits per heavy atom. The Kier molecular flexibility index (Phi) is 5.00. The summed E-state index contributed by atoms with van der Waals surface area (Å²) in [5.41, 5.74) is 0. The fourth-order valence-corrected chi connectivity index (χ4v) is 1.53. The van der Waals surface area contributed by atoms with Crippen molar-refractivity contribution in [3.8, 4) is 11.5 Å². The lowest BCUT2D eigenvalue weighted by Gasteiger charge is -2.03. The number of hydrogen-bond acceptors (Lipinski definition) is 4. The first-order valence-corrected chi connectivity index (χ1v) is 6.35. The van der Waals surface area contributed by atoms with E-state index in [0.717, 1.165) is 11.5 Å². The molecule has 0 radical (unpaired) electrons. The van der Waals surface area contributed by atoms with Crippen LogP contribution in [0.4, 0.5) is 4.79 Å². The van der Waals surface area contributed by atoms with Crippen LogP contribution in [-0.4, -0.2) is 18.9 Å². The molecule has 0 aliphatic carbocycles. The molecule has 1 saturated heterocycles. The smallest absolute Gasteiger partial charge is 0.457 e. The van der Waals surface area contributed by atoms with Crippen LogP contribution in [0.5, 0.6) is 11.5 Å². The zero-order valence-corrected chi connectivity index (χ0v) is 11.2. The maximum Gasteiger partial charge on any atom is 0.508 e. The third-order valence-corrected chi connectivity index (χ3v) is 2.46. The first kappa shape index (κ1) is 13.9. The van der Waals surface area contributed by atoms with Gasteiger partial charge in [0.05, 0.1) is 0 Å². The van der Waals surface area contributed by atoms with Crippen molar-refractivity contribution in [2.24, 2.45) is 0 Å². The number of cyclic esters (lactones) is 2. The summed E-state index contributed by atoms with van der Waals surface area (Å²) >= 11 is 0. The largest absolute Gasteiger partial charge is 0.508 e. The number of para-hydroxylation sites is 2. The molecule has 3 rings (SSSR count). The molecule has 0 N–H and O–H groups in total. The molecule has 20 heavy (non-hydrogen) atoms. The van der Waals surface area contributed by atoms with E-state index in [-0.39, 0.29) is 6.10 Å². The van der Waals surface area contributed by atoms with E-state index in [1.807, 2.05) is 60.7 Å². The molecular weight excluding hydrogens is 256 g/mol. The number of rotatable bonds is 2. The quantitative estimate of drug-likeness (QED) is 0.774. The highest BCUT2D eigenvalue weighted by Crippen LogP contribution is 2.19. The summed E-state index contributed by atoms with van der Waals surface area (Å²) in [6.07, 6.45) is -0.597. The van der Waals surface area contributed by atoms with E-state index in [9.17, 15) is 4.79 Å². The monoisotopic (exact) mass is 272 g/mol. The number of ether oxygens (including phenoxy) is 3. The maximum absolute atomic E-state index is 10.0. The molecule has 4 nitrogen and oxygen atoms in total. The summed E-state index contributed by atoms with van der Waals surface area (Å²) in [7, 11) is 0. The minimum Gasteiger partial charge on any atom is -0.457 e. The summed E-state index contributed by atoms with van der Waals surface area (Å²) in [6.45, 7) is 2.18. The van der Waals surface area contributed by atoms with Gasteiger partial charge in [-0.05, 0) is 31.2 Å². The van der Waals surface area contributed by atoms with Crippen molar-refractivity contribution >= 4 is 6.16 Å². The Morgan fingerprint density at radius 2 is 1.45 bits per heavy atom. The summed E-state index contributed by atoms with van der Waals surface area (Å²) in [4.78, 5) is 10.0. The molecule has 0 bridgehead atoms. The standard InChI is InChI=1S/C12H10O.C4H6O3/c1-3-7-11(8-4-1)13-12-9-5-2-6-10-12;1-3-2-6-4(5)7-3/h1-10H;3H,2H2,1H3. The normalized spacial score (nSPS) is 16.4. The molecule has 0 spiro atoms. The molecule has 1 fully saturated rings. The van der Waals surface area contributed by atoms with Crippen molar-refractivity contribution in [2.75, 3.05) is 6.61 Å². The van der Waals surface area contributed by atoms with Crippen LogP contribution in [0.2, 0.25) is 0 Å². The molecular formula is C16H16O4. The average Bonchev–Trinajstić information content (AvgIpc) is 2.85. The van der Waals surface area contributed by atoms with Gasteiger partial charge in [0.1, 0.15) is 24.2 Å². The predicted octanol–water partition coefficient (Wildman–Crippen LogP) is 4.02. The van der Waals surface area contributed by atoms with E-state index in [2.05, 4.69) is 9.47 Å². The van der Waals surface area contributed by atoms with Crippen LogP contribution in [0.15, 0.2) is 60.7 Å². The minimum atomic E-state index is -0.549. The van der Waals surface area contributed by atoms with Crippen molar-refractivity contribution < 1.29 is 19.0 Å². The van der Waals surface area contributed by atoms with Gasteiger partial charge in [0.25, 0.3) is 0 Å². The lowest BCUT2D eigenvalue weighted by atomic mass is 10.3. The predicted molar refractivity (Wildman–Crippen MR) is 74.9 cm³/mol. The molecule has 1 atom stereocenters. The van der Waals surface area contributed by atoms with Gasteiger partial charge < -0.3 is 14.2 Å². The molecule has 0 saturated carbocycles. The van der Waals surface area contributed by atoms with Gasteiger partial charge in [-0.2, -0.15) is 0 Å². The van der Waals surface area contributed by atoms with Crippen molar-refractivity contribution in [2.45, 2.75) is 13.0 Å². The number of carbonyl (C=O) groups excluding carboxylic acids is 1. The third-order valence-electron chi connectivity index (χ3n) is 2.46. The van der Waals surface area contributed by atoms with E-state index in [4.69, 9.17) is 4.74 Å². The zero-order valence-electron chi connectivity index (χ0n) is 11.2. The van der Waals surface area contributed by atoms with Gasteiger partial charge in [-0.15, -0.1) is 0 Å². The van der Waals surface area contributed by atoms with Gasteiger partial charge in [0, 0.05) is 0 Å². The van der Waals surface area contributed by atoms with E-state index in [0.29, 0.717) is 6.61 Å². The van der Waals surface area contributed by atoms with Gasteiger partial charge in [-0.1, -0.05) is 36.4 Å². The van der Waals surface area contributed by atoms with Crippen LogP contribution in [0.25, 0.3) is 0 Å². The van der Waals surface area contributed by atoms with Crippen LogP contribution in [0.1, 0.15) is 6.92 Å². The minimum absolute atomic E-state index is 0.0486. The highest BCUT2D eigenvalue weighted by atomic mass is 16.8. The van der Waals surface area contributed by atoms with E-state index >= 15 is 0 Å². The van der Waals surface area contributed by atoms with E-state index in [1.54, 1.807) is 6.92 Å². The van der Waals surface area contributed by atoms with Crippen molar-refractivity contribution in [3.63, 3.8) is 0 Å². The van der Waals surface area contributed by atoms with Gasteiger partial charge >= 0.3 is 6.16 Å². The molecule has 0 aromatic heterocycles. The summed E-state index contributed by atoms with van der Waals surface area (Å²) in [6, 6.07) is 19.5. The first-order chi connectivity index (χ1) is 9.74. The lowest BCUT2D eigenvalue weighted by molar-refractivity contribution is 0.121. The van der Waals surface area contributed by atoms with Crippen LogP contribution >= 0.6 is 0 Å². The first-order valence-electron chi connectivity index (χ1n) is 6.35. The van der Waals surface area contributed by atoms with Crippen LogP contribution < -0.4 is 4.74 Å². The highest BCUT2D eigenvalue weighted by Gasteiger charge is 2.19. The summed E-state index contributed by atoms with van der Waals surface area (Å²) in [5, 5.41) is 0. The SMILES string of the molecule is CC1COC(=O)O1.c1ccc(Oc2ccccc2)cc1. The Morgan fingerprint density at radius 1 is 0.950 bits per heavy atom. The molecule has 2 aromatic carbocycles. The fraction of sp³-hybridized carbons (Fsp3) is 0.188. The molecule has 0 amide bonds. The van der Waals surface area contributed by atoms with Crippen molar-refractivity contribution in [1.82, 2.24) is 0 Å². The van der Waals surface area contributed by atoms with Gasteiger partial charge in [-0.25, -0.2) is 4.79 Å².